The van der Waals surface area contributed by atoms with Gasteiger partial charge in [-0.05, 0) is 49.7 Å². The van der Waals surface area contributed by atoms with Gasteiger partial charge < -0.3 is 4.74 Å². The van der Waals surface area contributed by atoms with E-state index in [0.29, 0.717) is 28.5 Å². The summed E-state index contributed by atoms with van der Waals surface area (Å²) in [6.07, 6.45) is 1.28. The topological polar surface area (TPSA) is 96.9 Å². The Hall–Kier alpha value is -3.20. The number of carbonyl (C=O) groups excluding carboxylic acids is 1. The van der Waals surface area contributed by atoms with Crippen molar-refractivity contribution in [1.29, 1.82) is 0 Å². The summed E-state index contributed by atoms with van der Waals surface area (Å²) in [7, 11) is -3.85. The van der Waals surface area contributed by atoms with E-state index in [4.69, 9.17) is 16.3 Å². The molecule has 2 N–H and O–H groups in total. The van der Waals surface area contributed by atoms with Crippen LogP contribution >= 0.6 is 11.6 Å². The predicted molar refractivity (Wildman–Crippen MR) is 134 cm³/mol. The van der Waals surface area contributed by atoms with Gasteiger partial charge in [0.15, 0.2) is 0 Å². The molecule has 0 saturated carbocycles. The second-order valence-corrected chi connectivity index (χ2v) is 9.66. The van der Waals surface area contributed by atoms with Crippen molar-refractivity contribution in [3.05, 3.63) is 94.5 Å². The number of benzene rings is 3. The van der Waals surface area contributed by atoms with Crippen LogP contribution in [0.1, 0.15) is 36.1 Å². The number of amides is 1. The fraction of sp³-hybridized carbons (Fsp3) is 0.200. The maximum Gasteiger partial charge on any atom is 0.242 e. The number of rotatable bonds is 10. The number of hydrazone groups is 1. The lowest BCUT2D eigenvalue weighted by Gasteiger charge is -2.18. The van der Waals surface area contributed by atoms with Gasteiger partial charge in [0.2, 0.25) is 15.9 Å². The van der Waals surface area contributed by atoms with Crippen LogP contribution in [0.2, 0.25) is 5.02 Å². The van der Waals surface area contributed by atoms with E-state index in [-0.39, 0.29) is 11.3 Å². The van der Waals surface area contributed by atoms with Crippen LogP contribution in [0.5, 0.6) is 5.75 Å². The molecule has 1 atom stereocenters. The molecule has 0 aliphatic carbocycles. The fourth-order valence-electron chi connectivity index (χ4n) is 3.20. The van der Waals surface area contributed by atoms with E-state index in [1.807, 2.05) is 19.9 Å². The number of aryl methyl sites for hydroxylation is 1. The summed E-state index contributed by atoms with van der Waals surface area (Å²) in [5, 5.41) is 4.50. The fourth-order valence-corrected chi connectivity index (χ4v) is 4.60. The number of sulfonamides is 1. The normalized spacial score (nSPS) is 12.4. The highest BCUT2D eigenvalue weighted by molar-refractivity contribution is 7.89. The van der Waals surface area contributed by atoms with Crippen molar-refractivity contribution in [3.8, 4) is 5.75 Å². The molecule has 0 saturated heterocycles. The van der Waals surface area contributed by atoms with Gasteiger partial charge in [-0.3, -0.25) is 4.79 Å². The molecular weight excluding hydrogens is 474 g/mol. The summed E-state index contributed by atoms with van der Waals surface area (Å²) >= 11 is 6.05. The second-order valence-electron chi connectivity index (χ2n) is 7.51. The second kappa shape index (κ2) is 11.8. The van der Waals surface area contributed by atoms with E-state index >= 15 is 0 Å². The van der Waals surface area contributed by atoms with E-state index in [1.165, 1.54) is 18.3 Å². The van der Waals surface area contributed by atoms with Crippen LogP contribution in [-0.2, 0) is 14.8 Å². The Morgan fingerprint density at radius 3 is 2.47 bits per heavy atom. The number of nitrogens with one attached hydrogen (secondary N) is 2. The molecule has 0 unspecified atom stereocenters. The molecule has 0 aromatic heterocycles. The average Bonchev–Trinajstić information content (AvgIpc) is 2.81. The predicted octanol–water partition coefficient (Wildman–Crippen LogP) is 4.61. The van der Waals surface area contributed by atoms with Crippen molar-refractivity contribution in [1.82, 2.24) is 10.1 Å². The molecule has 9 heteroatoms. The monoisotopic (exact) mass is 499 g/mol. The minimum absolute atomic E-state index is 0.127. The van der Waals surface area contributed by atoms with Crippen LogP contribution in [0.25, 0.3) is 0 Å². The lowest BCUT2D eigenvalue weighted by molar-refractivity contribution is -0.121. The largest absolute Gasteiger partial charge is 0.493 e. The van der Waals surface area contributed by atoms with Gasteiger partial charge in [-0.15, -0.1) is 0 Å². The van der Waals surface area contributed by atoms with E-state index in [0.717, 1.165) is 5.56 Å². The molecule has 7 nitrogen and oxygen atoms in total. The Balaban J connectivity index is 1.74. The number of nitrogens with zero attached hydrogens (tertiary/aromatic N) is 1. The van der Waals surface area contributed by atoms with Gasteiger partial charge in [-0.25, -0.2) is 18.6 Å². The first-order chi connectivity index (χ1) is 16.3. The molecule has 1 amide bonds. The van der Waals surface area contributed by atoms with Gasteiger partial charge >= 0.3 is 0 Å². The van der Waals surface area contributed by atoms with Gasteiger partial charge in [0.25, 0.3) is 0 Å². The van der Waals surface area contributed by atoms with E-state index in [1.54, 1.807) is 54.6 Å². The Labute approximate surface area is 204 Å². The number of hydrogen-bond donors (Lipinski definition) is 2. The minimum Gasteiger partial charge on any atom is -0.493 e. The molecule has 3 aromatic carbocycles. The Bertz CT molecular complexity index is 1250. The minimum atomic E-state index is -3.85. The summed E-state index contributed by atoms with van der Waals surface area (Å²) in [6.45, 7) is 4.20. The summed E-state index contributed by atoms with van der Waals surface area (Å²) in [4.78, 5) is 12.8. The molecule has 34 heavy (non-hydrogen) atoms. The summed E-state index contributed by atoms with van der Waals surface area (Å²) in [6, 6.07) is 19.7. The molecule has 3 rings (SSSR count). The molecule has 178 valence electrons. The van der Waals surface area contributed by atoms with Crippen molar-refractivity contribution in [2.24, 2.45) is 5.10 Å². The van der Waals surface area contributed by atoms with E-state index in [2.05, 4.69) is 15.2 Å². The van der Waals surface area contributed by atoms with E-state index < -0.39 is 22.0 Å². The van der Waals surface area contributed by atoms with Crippen LogP contribution in [0.15, 0.2) is 82.8 Å². The maximum absolute atomic E-state index is 12.9. The molecule has 0 fully saturated rings. The van der Waals surface area contributed by atoms with Crippen LogP contribution < -0.4 is 14.9 Å². The maximum atomic E-state index is 12.9. The molecule has 0 bridgehead atoms. The zero-order valence-corrected chi connectivity index (χ0v) is 20.4. The highest BCUT2D eigenvalue weighted by Gasteiger charge is 2.23. The van der Waals surface area contributed by atoms with Crippen LogP contribution in [0, 0.1) is 6.92 Å². The standard InChI is InChI=1S/C25H26ClN3O4S/c1-3-33-24-14-11-21(26)15-20(24)17-27-28-25(30)16-23(19-7-5-4-6-8-19)29-34(31,32)22-12-9-18(2)10-13-22/h4-15,17,23,29H,3,16H2,1-2H3,(H,28,30)/b27-17-/t23-/m0/s1. The summed E-state index contributed by atoms with van der Waals surface area (Å²) in [5.74, 6) is 0.120. The van der Waals surface area contributed by atoms with Crippen molar-refractivity contribution >= 4 is 33.7 Å². The number of halogens is 1. The zero-order chi connectivity index (χ0) is 24.6. The third-order valence-electron chi connectivity index (χ3n) is 4.88. The van der Waals surface area contributed by atoms with Crippen molar-refractivity contribution in [3.63, 3.8) is 0 Å². The first kappa shape index (κ1) is 25.4. The lowest BCUT2D eigenvalue weighted by Crippen LogP contribution is -2.32. The molecule has 3 aromatic rings. The lowest BCUT2D eigenvalue weighted by atomic mass is 10.0. The van der Waals surface area contributed by atoms with E-state index in [9.17, 15) is 13.2 Å². The summed E-state index contributed by atoms with van der Waals surface area (Å²) in [5.41, 5.74) is 4.66. The summed E-state index contributed by atoms with van der Waals surface area (Å²) < 4.78 is 34.1. The average molecular weight is 500 g/mol. The quantitative estimate of drug-likeness (QED) is 0.314. The van der Waals surface area contributed by atoms with Crippen LogP contribution in [0.3, 0.4) is 0 Å². The molecule has 0 heterocycles. The molecule has 0 aliphatic rings. The smallest absolute Gasteiger partial charge is 0.242 e. The first-order valence-corrected chi connectivity index (χ1v) is 12.5. The first-order valence-electron chi connectivity index (χ1n) is 10.7. The van der Waals surface area contributed by atoms with Crippen molar-refractivity contribution < 1.29 is 17.9 Å². The zero-order valence-electron chi connectivity index (χ0n) is 18.9. The van der Waals surface area contributed by atoms with Gasteiger partial charge in [0, 0.05) is 17.0 Å². The Morgan fingerprint density at radius 1 is 1.09 bits per heavy atom. The highest BCUT2D eigenvalue weighted by Crippen LogP contribution is 2.22. The van der Waals surface area contributed by atoms with Gasteiger partial charge in [-0.1, -0.05) is 59.6 Å². The van der Waals surface area contributed by atoms with Crippen molar-refractivity contribution in [2.75, 3.05) is 6.61 Å². The van der Waals surface area contributed by atoms with Gasteiger partial charge in [0.05, 0.1) is 23.8 Å². The molecular formula is C25H26ClN3O4S. The highest BCUT2D eigenvalue weighted by atomic mass is 35.5. The molecule has 0 aliphatic heterocycles. The van der Waals surface area contributed by atoms with Gasteiger partial charge in [-0.2, -0.15) is 5.10 Å². The number of hydrogen-bond acceptors (Lipinski definition) is 5. The Morgan fingerprint density at radius 2 is 1.79 bits per heavy atom. The third-order valence-corrected chi connectivity index (χ3v) is 6.61. The molecule has 0 spiro atoms. The third kappa shape index (κ3) is 7.15. The number of carbonyl (C=O) groups is 1. The van der Waals surface area contributed by atoms with Crippen LogP contribution in [0.4, 0.5) is 0 Å². The van der Waals surface area contributed by atoms with Crippen LogP contribution in [-0.4, -0.2) is 27.1 Å². The van der Waals surface area contributed by atoms with Gasteiger partial charge in [0.1, 0.15) is 5.75 Å². The number of ether oxygens (including phenoxy) is 1. The SMILES string of the molecule is CCOc1ccc(Cl)cc1/C=N\NC(=O)C[C@H](NS(=O)(=O)c1ccc(C)cc1)c1ccccc1. The molecule has 0 radical (unpaired) electrons. The Kier molecular flexibility index (Phi) is 8.81. The van der Waals surface area contributed by atoms with Crippen molar-refractivity contribution in [2.45, 2.75) is 31.2 Å².